The standard InChI is InChI=1S/C14H18N2/c1-10-5-8-14(15-10)16-13-7-6-11-3-2-4-12(11)9-13/h6-7,9-10H,2-5,8H2,1H3,(H,15,16). The van der Waals surface area contributed by atoms with E-state index in [4.69, 9.17) is 0 Å². The number of benzene rings is 1. The molecular weight excluding hydrogens is 196 g/mol. The maximum Gasteiger partial charge on any atom is 0.101 e. The lowest BCUT2D eigenvalue weighted by Gasteiger charge is -2.07. The predicted octanol–water partition coefficient (Wildman–Crippen LogP) is 3.17. The van der Waals surface area contributed by atoms with Crippen LogP contribution in [0.3, 0.4) is 0 Å². The molecule has 0 amide bonds. The molecule has 1 N–H and O–H groups in total. The second-order valence-corrected chi connectivity index (χ2v) is 4.93. The van der Waals surface area contributed by atoms with E-state index in [2.05, 4.69) is 35.4 Å². The molecule has 0 radical (unpaired) electrons. The van der Waals surface area contributed by atoms with Crippen LogP contribution < -0.4 is 5.32 Å². The minimum Gasteiger partial charge on any atom is -0.344 e. The summed E-state index contributed by atoms with van der Waals surface area (Å²) in [6, 6.07) is 7.25. The van der Waals surface area contributed by atoms with Crippen LogP contribution in [0.4, 0.5) is 5.69 Å². The van der Waals surface area contributed by atoms with Gasteiger partial charge in [0, 0.05) is 18.2 Å². The molecule has 2 aliphatic rings. The quantitative estimate of drug-likeness (QED) is 0.763. The summed E-state index contributed by atoms with van der Waals surface area (Å²) in [6.07, 6.45) is 6.10. The smallest absolute Gasteiger partial charge is 0.101 e. The van der Waals surface area contributed by atoms with Crippen LogP contribution in [0.5, 0.6) is 0 Å². The van der Waals surface area contributed by atoms with Gasteiger partial charge in [0.15, 0.2) is 0 Å². The van der Waals surface area contributed by atoms with Gasteiger partial charge in [-0.3, -0.25) is 4.99 Å². The van der Waals surface area contributed by atoms with Crippen molar-refractivity contribution in [1.82, 2.24) is 0 Å². The SMILES string of the molecule is CC1CCC(Nc2ccc3c(c2)CCC3)=N1. The van der Waals surface area contributed by atoms with Gasteiger partial charge in [0.1, 0.15) is 5.84 Å². The van der Waals surface area contributed by atoms with E-state index < -0.39 is 0 Å². The third-order valence-corrected chi connectivity index (χ3v) is 3.56. The van der Waals surface area contributed by atoms with Gasteiger partial charge < -0.3 is 5.32 Å². The average molecular weight is 214 g/mol. The predicted molar refractivity (Wildman–Crippen MR) is 68.2 cm³/mol. The van der Waals surface area contributed by atoms with E-state index in [0.717, 1.165) is 12.3 Å². The zero-order valence-corrected chi connectivity index (χ0v) is 9.79. The molecular formula is C14H18N2. The molecule has 1 unspecified atom stereocenters. The summed E-state index contributed by atoms with van der Waals surface area (Å²) >= 11 is 0. The Balaban J connectivity index is 1.78. The Kier molecular flexibility index (Phi) is 2.43. The number of nitrogens with one attached hydrogen (secondary N) is 1. The van der Waals surface area contributed by atoms with Crippen LogP contribution in [0.2, 0.25) is 0 Å². The van der Waals surface area contributed by atoms with Crippen LogP contribution in [-0.4, -0.2) is 11.9 Å². The number of aryl methyl sites for hydroxylation is 2. The van der Waals surface area contributed by atoms with E-state index in [9.17, 15) is 0 Å². The largest absolute Gasteiger partial charge is 0.344 e. The van der Waals surface area contributed by atoms with E-state index in [0.29, 0.717) is 6.04 Å². The Morgan fingerprint density at radius 1 is 1.19 bits per heavy atom. The van der Waals surface area contributed by atoms with Gasteiger partial charge in [0.05, 0.1) is 0 Å². The molecule has 0 fully saturated rings. The first-order chi connectivity index (χ1) is 7.81. The van der Waals surface area contributed by atoms with Gasteiger partial charge in [0.25, 0.3) is 0 Å². The minimum atomic E-state index is 0.497. The summed E-state index contributed by atoms with van der Waals surface area (Å²) in [7, 11) is 0. The molecule has 1 heterocycles. The molecule has 2 heteroatoms. The van der Waals surface area contributed by atoms with Crippen molar-refractivity contribution in [2.45, 2.75) is 45.1 Å². The number of hydrogen-bond donors (Lipinski definition) is 1. The number of rotatable bonds is 1. The number of nitrogens with zero attached hydrogens (tertiary/aromatic N) is 1. The summed E-state index contributed by atoms with van der Waals surface area (Å²) in [4.78, 5) is 4.58. The van der Waals surface area contributed by atoms with Crippen molar-refractivity contribution in [3.63, 3.8) is 0 Å². The second-order valence-electron chi connectivity index (χ2n) is 4.93. The highest BCUT2D eigenvalue weighted by molar-refractivity contribution is 5.96. The fourth-order valence-electron chi connectivity index (χ4n) is 2.65. The maximum absolute atomic E-state index is 4.58. The first-order valence-corrected chi connectivity index (χ1v) is 6.27. The van der Waals surface area contributed by atoms with E-state index >= 15 is 0 Å². The Bertz CT molecular complexity index is 434. The fourth-order valence-corrected chi connectivity index (χ4v) is 2.65. The van der Waals surface area contributed by atoms with Gasteiger partial charge >= 0.3 is 0 Å². The highest BCUT2D eigenvalue weighted by Gasteiger charge is 2.14. The number of hydrogen-bond acceptors (Lipinski definition) is 2. The van der Waals surface area contributed by atoms with E-state index in [-0.39, 0.29) is 0 Å². The molecule has 3 rings (SSSR count). The van der Waals surface area contributed by atoms with Crippen molar-refractivity contribution in [2.75, 3.05) is 5.32 Å². The summed E-state index contributed by atoms with van der Waals surface area (Å²) in [5.41, 5.74) is 4.28. The Hall–Kier alpha value is -1.31. The molecule has 0 saturated heterocycles. The Labute approximate surface area is 96.8 Å². The lowest BCUT2D eigenvalue weighted by Crippen LogP contribution is -2.08. The Morgan fingerprint density at radius 3 is 2.88 bits per heavy atom. The molecule has 0 bridgehead atoms. The van der Waals surface area contributed by atoms with Crippen molar-refractivity contribution < 1.29 is 0 Å². The van der Waals surface area contributed by atoms with Crippen LogP contribution in [-0.2, 0) is 12.8 Å². The molecule has 1 aromatic rings. The molecule has 1 atom stereocenters. The van der Waals surface area contributed by atoms with Crippen LogP contribution in [0.15, 0.2) is 23.2 Å². The molecule has 0 spiro atoms. The molecule has 0 saturated carbocycles. The highest BCUT2D eigenvalue weighted by Crippen LogP contribution is 2.25. The van der Waals surface area contributed by atoms with E-state index in [1.807, 2.05) is 0 Å². The lowest BCUT2D eigenvalue weighted by molar-refractivity contribution is 0.739. The first kappa shape index (κ1) is 9.88. The average Bonchev–Trinajstić information content (AvgIpc) is 2.87. The minimum absolute atomic E-state index is 0.497. The van der Waals surface area contributed by atoms with Crippen molar-refractivity contribution >= 4 is 11.5 Å². The molecule has 0 aromatic heterocycles. The van der Waals surface area contributed by atoms with Gasteiger partial charge in [-0.15, -0.1) is 0 Å². The molecule has 2 nitrogen and oxygen atoms in total. The molecule has 84 valence electrons. The number of fused-ring (bicyclic) bond motifs is 1. The van der Waals surface area contributed by atoms with Crippen molar-refractivity contribution in [1.29, 1.82) is 0 Å². The fraction of sp³-hybridized carbons (Fsp3) is 0.500. The summed E-state index contributed by atoms with van der Waals surface area (Å²) in [5.74, 6) is 1.16. The van der Waals surface area contributed by atoms with E-state index in [1.165, 1.54) is 42.5 Å². The van der Waals surface area contributed by atoms with Crippen LogP contribution in [0, 0.1) is 0 Å². The van der Waals surface area contributed by atoms with Gasteiger partial charge in [-0.25, -0.2) is 0 Å². The number of amidine groups is 1. The van der Waals surface area contributed by atoms with Crippen molar-refractivity contribution in [3.05, 3.63) is 29.3 Å². The maximum atomic E-state index is 4.58. The third kappa shape index (κ3) is 1.84. The molecule has 1 aliphatic carbocycles. The van der Waals surface area contributed by atoms with Crippen molar-refractivity contribution in [3.8, 4) is 0 Å². The summed E-state index contributed by atoms with van der Waals surface area (Å²) < 4.78 is 0. The summed E-state index contributed by atoms with van der Waals surface area (Å²) in [5, 5.41) is 3.45. The second kappa shape index (κ2) is 3.93. The number of anilines is 1. The monoisotopic (exact) mass is 214 g/mol. The molecule has 1 aromatic carbocycles. The third-order valence-electron chi connectivity index (χ3n) is 3.56. The lowest BCUT2D eigenvalue weighted by atomic mass is 10.1. The zero-order chi connectivity index (χ0) is 11.0. The van der Waals surface area contributed by atoms with Gasteiger partial charge in [-0.2, -0.15) is 0 Å². The van der Waals surface area contributed by atoms with E-state index in [1.54, 1.807) is 0 Å². The van der Waals surface area contributed by atoms with Gasteiger partial charge in [-0.1, -0.05) is 6.07 Å². The number of aliphatic imine (C=N–C) groups is 1. The zero-order valence-electron chi connectivity index (χ0n) is 9.79. The van der Waals surface area contributed by atoms with Crippen LogP contribution in [0.25, 0.3) is 0 Å². The normalized spacial score (nSPS) is 23.1. The molecule has 16 heavy (non-hydrogen) atoms. The summed E-state index contributed by atoms with van der Waals surface area (Å²) in [6.45, 7) is 2.18. The topological polar surface area (TPSA) is 24.4 Å². The van der Waals surface area contributed by atoms with Crippen molar-refractivity contribution in [2.24, 2.45) is 4.99 Å². The molecule has 1 aliphatic heterocycles. The van der Waals surface area contributed by atoms with Crippen LogP contribution in [0.1, 0.15) is 37.3 Å². The highest BCUT2D eigenvalue weighted by atomic mass is 15.0. The van der Waals surface area contributed by atoms with Gasteiger partial charge in [0.2, 0.25) is 0 Å². The van der Waals surface area contributed by atoms with Crippen LogP contribution >= 0.6 is 0 Å². The Morgan fingerprint density at radius 2 is 2.06 bits per heavy atom. The first-order valence-electron chi connectivity index (χ1n) is 6.27. The van der Waals surface area contributed by atoms with Gasteiger partial charge in [-0.05, 0) is 55.9 Å².